The lowest BCUT2D eigenvalue weighted by molar-refractivity contribution is -0.383. The van der Waals surface area contributed by atoms with E-state index in [2.05, 4.69) is 10.6 Å². The fraction of sp³-hybridized carbons (Fsp3) is 0.455. The van der Waals surface area contributed by atoms with Crippen LogP contribution in [-0.4, -0.2) is 24.1 Å². The lowest BCUT2D eigenvalue weighted by Crippen LogP contribution is -2.24. The van der Waals surface area contributed by atoms with Crippen LogP contribution in [0.2, 0.25) is 5.02 Å². The maximum atomic E-state index is 10.8. The minimum atomic E-state index is -0.428. The third-order valence-corrected chi connectivity index (χ3v) is 2.84. The zero-order chi connectivity index (χ0) is 12.3. The van der Waals surface area contributed by atoms with Gasteiger partial charge in [-0.25, -0.2) is 0 Å². The lowest BCUT2D eigenvalue weighted by Gasteiger charge is -2.07. The Balaban J connectivity index is 1.91. The van der Waals surface area contributed by atoms with Crippen LogP contribution in [0.1, 0.15) is 12.8 Å². The molecule has 0 spiro atoms. The highest BCUT2D eigenvalue weighted by Gasteiger charge is 2.19. The first kappa shape index (κ1) is 12.1. The highest BCUT2D eigenvalue weighted by Crippen LogP contribution is 2.27. The number of nitro benzene ring substituents is 1. The molecule has 1 fully saturated rings. The van der Waals surface area contributed by atoms with Gasteiger partial charge in [0.25, 0.3) is 5.69 Å². The van der Waals surface area contributed by atoms with Gasteiger partial charge in [-0.05, 0) is 25.0 Å². The van der Waals surface area contributed by atoms with Gasteiger partial charge in [-0.15, -0.1) is 0 Å². The molecular formula is C11H14ClN3O2. The molecule has 0 amide bonds. The monoisotopic (exact) mass is 255 g/mol. The molecule has 17 heavy (non-hydrogen) atoms. The highest BCUT2D eigenvalue weighted by atomic mass is 35.5. The van der Waals surface area contributed by atoms with Crippen molar-refractivity contribution in [2.75, 3.05) is 18.4 Å². The average molecular weight is 256 g/mol. The van der Waals surface area contributed by atoms with E-state index in [0.717, 1.165) is 6.54 Å². The summed E-state index contributed by atoms with van der Waals surface area (Å²) >= 11 is 5.73. The number of nitro groups is 1. The van der Waals surface area contributed by atoms with Crippen LogP contribution in [0.5, 0.6) is 0 Å². The maximum Gasteiger partial charge on any atom is 0.293 e. The molecule has 2 N–H and O–H groups in total. The maximum absolute atomic E-state index is 10.8. The zero-order valence-electron chi connectivity index (χ0n) is 9.28. The molecule has 1 aromatic carbocycles. The lowest BCUT2D eigenvalue weighted by atomic mass is 10.2. The number of rotatable bonds is 6. The summed E-state index contributed by atoms with van der Waals surface area (Å²) in [4.78, 5) is 10.4. The van der Waals surface area contributed by atoms with E-state index in [4.69, 9.17) is 11.6 Å². The van der Waals surface area contributed by atoms with Crippen LogP contribution >= 0.6 is 11.6 Å². The van der Waals surface area contributed by atoms with Crippen LogP contribution < -0.4 is 10.6 Å². The van der Waals surface area contributed by atoms with Crippen LogP contribution in [0.3, 0.4) is 0 Å². The molecule has 6 heteroatoms. The van der Waals surface area contributed by atoms with Crippen molar-refractivity contribution < 1.29 is 4.92 Å². The van der Waals surface area contributed by atoms with Gasteiger partial charge in [0, 0.05) is 30.2 Å². The molecule has 92 valence electrons. The van der Waals surface area contributed by atoms with Crippen molar-refractivity contribution in [3.05, 3.63) is 33.3 Å². The van der Waals surface area contributed by atoms with E-state index in [0.29, 0.717) is 23.3 Å². The highest BCUT2D eigenvalue weighted by molar-refractivity contribution is 6.30. The van der Waals surface area contributed by atoms with Crippen LogP contribution in [0.4, 0.5) is 11.4 Å². The van der Waals surface area contributed by atoms with E-state index in [9.17, 15) is 10.1 Å². The van der Waals surface area contributed by atoms with Gasteiger partial charge in [0.15, 0.2) is 0 Å². The molecule has 1 aliphatic rings. The third kappa shape index (κ3) is 3.57. The van der Waals surface area contributed by atoms with Gasteiger partial charge in [0.05, 0.1) is 4.92 Å². The number of nitrogens with zero attached hydrogens (tertiary/aromatic N) is 1. The molecule has 0 heterocycles. The minimum absolute atomic E-state index is 0.0175. The van der Waals surface area contributed by atoms with Crippen molar-refractivity contribution in [1.29, 1.82) is 0 Å². The first-order chi connectivity index (χ1) is 8.16. The summed E-state index contributed by atoms with van der Waals surface area (Å²) in [7, 11) is 0. The van der Waals surface area contributed by atoms with Crippen molar-refractivity contribution >= 4 is 23.0 Å². The molecular weight excluding hydrogens is 242 g/mol. The van der Waals surface area contributed by atoms with Crippen molar-refractivity contribution in [1.82, 2.24) is 5.32 Å². The number of hydrogen-bond donors (Lipinski definition) is 2. The minimum Gasteiger partial charge on any atom is -0.378 e. The molecule has 0 saturated heterocycles. The molecule has 0 aliphatic heterocycles. The average Bonchev–Trinajstić information content (AvgIpc) is 3.09. The third-order valence-electron chi connectivity index (χ3n) is 2.61. The summed E-state index contributed by atoms with van der Waals surface area (Å²) in [6.07, 6.45) is 2.47. The SMILES string of the molecule is O=[N+]([O-])c1cc(Cl)ccc1NCCNC1CC1. The number of hydrogen-bond acceptors (Lipinski definition) is 4. The van der Waals surface area contributed by atoms with E-state index in [1.165, 1.54) is 18.9 Å². The Morgan fingerprint density at radius 2 is 2.18 bits per heavy atom. The van der Waals surface area contributed by atoms with Crippen LogP contribution in [0, 0.1) is 10.1 Å². The predicted octanol–water partition coefficient (Wildman–Crippen LogP) is 2.41. The molecule has 0 bridgehead atoms. The van der Waals surface area contributed by atoms with Crippen molar-refractivity contribution in [3.63, 3.8) is 0 Å². The summed E-state index contributed by atoms with van der Waals surface area (Å²) < 4.78 is 0. The fourth-order valence-corrected chi connectivity index (χ4v) is 1.73. The van der Waals surface area contributed by atoms with Gasteiger partial charge in [0.2, 0.25) is 0 Å². The Labute approximate surface area is 104 Å². The number of benzene rings is 1. The predicted molar refractivity (Wildman–Crippen MR) is 67.6 cm³/mol. The number of nitrogens with one attached hydrogen (secondary N) is 2. The zero-order valence-corrected chi connectivity index (χ0v) is 10.0. The van der Waals surface area contributed by atoms with Crippen molar-refractivity contribution in [2.45, 2.75) is 18.9 Å². The van der Waals surface area contributed by atoms with Gasteiger partial charge >= 0.3 is 0 Å². The van der Waals surface area contributed by atoms with Crippen LogP contribution in [-0.2, 0) is 0 Å². The van der Waals surface area contributed by atoms with E-state index in [1.807, 2.05) is 0 Å². The second-order valence-corrected chi connectivity index (χ2v) is 4.51. The van der Waals surface area contributed by atoms with Gasteiger partial charge in [-0.1, -0.05) is 11.6 Å². The smallest absolute Gasteiger partial charge is 0.293 e. The van der Waals surface area contributed by atoms with E-state index in [-0.39, 0.29) is 5.69 Å². The summed E-state index contributed by atoms with van der Waals surface area (Å²) in [5.41, 5.74) is 0.529. The molecule has 0 atom stereocenters. The second kappa shape index (κ2) is 5.33. The summed E-state index contributed by atoms with van der Waals surface area (Å²) in [6, 6.07) is 5.29. The number of anilines is 1. The van der Waals surface area contributed by atoms with E-state index in [1.54, 1.807) is 12.1 Å². The quantitative estimate of drug-likeness (QED) is 0.465. The largest absolute Gasteiger partial charge is 0.378 e. The van der Waals surface area contributed by atoms with E-state index < -0.39 is 4.92 Å². The van der Waals surface area contributed by atoms with Crippen LogP contribution in [0.15, 0.2) is 18.2 Å². The Morgan fingerprint density at radius 3 is 2.82 bits per heavy atom. The summed E-state index contributed by atoms with van der Waals surface area (Å²) in [5, 5.41) is 17.6. The molecule has 1 saturated carbocycles. The Morgan fingerprint density at radius 1 is 1.41 bits per heavy atom. The molecule has 0 aromatic heterocycles. The molecule has 0 unspecified atom stereocenters. The topological polar surface area (TPSA) is 67.2 Å². The Bertz CT molecular complexity index is 421. The molecule has 1 aliphatic carbocycles. The summed E-state index contributed by atoms with van der Waals surface area (Å²) in [6.45, 7) is 1.48. The van der Waals surface area contributed by atoms with Gasteiger partial charge < -0.3 is 10.6 Å². The number of halogens is 1. The molecule has 1 aromatic rings. The standard InChI is InChI=1S/C11H14ClN3O2/c12-8-1-4-10(11(7-8)15(16)17)14-6-5-13-9-2-3-9/h1,4,7,9,13-14H,2-3,5-6H2. The first-order valence-corrected chi connectivity index (χ1v) is 5.96. The van der Waals surface area contributed by atoms with Crippen molar-refractivity contribution in [2.24, 2.45) is 0 Å². The molecule has 5 nitrogen and oxygen atoms in total. The van der Waals surface area contributed by atoms with Gasteiger partial charge in [-0.2, -0.15) is 0 Å². The van der Waals surface area contributed by atoms with Gasteiger partial charge in [-0.3, -0.25) is 10.1 Å². The Hall–Kier alpha value is -1.33. The first-order valence-electron chi connectivity index (χ1n) is 5.58. The Kier molecular flexibility index (Phi) is 3.81. The van der Waals surface area contributed by atoms with Crippen molar-refractivity contribution in [3.8, 4) is 0 Å². The van der Waals surface area contributed by atoms with E-state index >= 15 is 0 Å². The normalized spacial score (nSPS) is 14.6. The van der Waals surface area contributed by atoms with Gasteiger partial charge in [0.1, 0.15) is 5.69 Å². The van der Waals surface area contributed by atoms with Crippen LogP contribution in [0.25, 0.3) is 0 Å². The molecule has 0 radical (unpaired) electrons. The fourth-order valence-electron chi connectivity index (χ4n) is 1.57. The second-order valence-electron chi connectivity index (χ2n) is 4.07. The summed E-state index contributed by atoms with van der Waals surface area (Å²) in [5.74, 6) is 0. The molecule has 2 rings (SSSR count).